The zero-order valence-corrected chi connectivity index (χ0v) is 22.2. The first-order chi connectivity index (χ1) is 17.2. The number of aryl methyl sites for hydroxylation is 1. The van der Waals surface area contributed by atoms with E-state index in [1.54, 1.807) is 6.20 Å². The van der Waals surface area contributed by atoms with Crippen LogP contribution in [-0.2, 0) is 12.8 Å². The minimum Gasteiger partial charge on any atom is -0.368 e. The Hall–Kier alpha value is -2.88. The van der Waals surface area contributed by atoms with Crippen molar-refractivity contribution >= 4 is 42.1 Å². The smallest absolute Gasteiger partial charge is 0.258 e. The van der Waals surface area contributed by atoms with Crippen LogP contribution in [0.2, 0.25) is 0 Å². The monoisotopic (exact) mass is 570 g/mol. The van der Waals surface area contributed by atoms with E-state index in [2.05, 4.69) is 22.1 Å². The Labute approximate surface area is 230 Å². The number of benzene rings is 2. The molecule has 0 spiro atoms. The number of nitrogens with one attached hydrogen (secondary N) is 1. The highest BCUT2D eigenvalue weighted by atomic mass is 35.5. The molecule has 1 saturated heterocycles. The van der Waals surface area contributed by atoms with E-state index in [0.29, 0.717) is 18.2 Å². The molecule has 3 N–H and O–H groups in total. The Balaban J connectivity index is 0.00000200. The van der Waals surface area contributed by atoms with Crippen molar-refractivity contribution in [2.75, 3.05) is 23.3 Å². The molecule has 0 unspecified atom stereocenters. The van der Waals surface area contributed by atoms with Crippen LogP contribution in [0.5, 0.6) is 0 Å². The van der Waals surface area contributed by atoms with Crippen molar-refractivity contribution in [3.8, 4) is 11.1 Å². The molecular formula is C27H28Cl2F4N4O. The van der Waals surface area contributed by atoms with E-state index in [9.17, 15) is 18.0 Å². The number of nitrogens with two attached hydrogens (primary N) is 1. The maximum Gasteiger partial charge on any atom is 0.258 e. The second-order valence-corrected chi connectivity index (χ2v) is 9.64. The van der Waals surface area contributed by atoms with Gasteiger partial charge in [-0.05, 0) is 61.4 Å². The number of nitrogens with zero attached hydrogens (tertiary/aromatic N) is 2. The number of fused-ring (bicyclic) bond motifs is 1. The van der Waals surface area contributed by atoms with Gasteiger partial charge in [-0.15, -0.1) is 24.8 Å². The molecule has 204 valence electrons. The van der Waals surface area contributed by atoms with Crippen molar-refractivity contribution in [2.45, 2.75) is 38.6 Å². The lowest BCUT2D eigenvalue weighted by Gasteiger charge is -2.38. The first-order valence-corrected chi connectivity index (χ1v) is 12.0. The fraction of sp³-hybridized carbons (Fsp3) is 0.333. The van der Waals surface area contributed by atoms with Crippen molar-refractivity contribution in [3.05, 3.63) is 76.6 Å². The molecule has 1 aliphatic carbocycles. The second kappa shape index (κ2) is 11.9. The van der Waals surface area contributed by atoms with Crippen LogP contribution in [0.15, 0.2) is 36.5 Å². The van der Waals surface area contributed by atoms with Crippen LogP contribution in [0.3, 0.4) is 0 Å². The summed E-state index contributed by atoms with van der Waals surface area (Å²) in [5.41, 5.74) is 7.15. The van der Waals surface area contributed by atoms with Crippen molar-refractivity contribution in [3.63, 3.8) is 0 Å². The van der Waals surface area contributed by atoms with Crippen LogP contribution in [0.4, 0.5) is 28.9 Å². The Bertz CT molecular complexity index is 1330. The molecule has 2 aliphatic rings. The van der Waals surface area contributed by atoms with Crippen LogP contribution in [0.25, 0.3) is 11.1 Å². The number of rotatable bonds is 4. The van der Waals surface area contributed by atoms with Crippen LogP contribution < -0.4 is 16.0 Å². The first kappa shape index (κ1) is 29.7. The third kappa shape index (κ3) is 5.46. The fourth-order valence-corrected chi connectivity index (χ4v) is 5.41. The van der Waals surface area contributed by atoms with Crippen LogP contribution in [0, 0.1) is 29.2 Å². The Morgan fingerprint density at radius 1 is 1.00 bits per heavy atom. The van der Waals surface area contributed by atoms with Crippen LogP contribution >= 0.6 is 24.8 Å². The normalized spacial score (nSPS) is 18.3. The minimum atomic E-state index is -1.35. The summed E-state index contributed by atoms with van der Waals surface area (Å²) < 4.78 is 58.7. The van der Waals surface area contributed by atoms with E-state index in [1.165, 1.54) is 0 Å². The number of pyridine rings is 1. The lowest BCUT2D eigenvalue weighted by atomic mass is 9.95. The van der Waals surface area contributed by atoms with Gasteiger partial charge in [-0.3, -0.25) is 9.78 Å². The van der Waals surface area contributed by atoms with E-state index in [4.69, 9.17) is 5.73 Å². The highest BCUT2D eigenvalue weighted by molar-refractivity contribution is 6.07. The molecule has 1 fully saturated rings. The van der Waals surface area contributed by atoms with E-state index in [-0.39, 0.29) is 30.9 Å². The molecular weight excluding hydrogens is 543 g/mol. The molecule has 2 heterocycles. The standard InChI is InChI=1S/C27H26F4N4O.2ClH/c1-14-10-15(32)13-35(12-14)26-16-4-2-7-21(16)33-11-22(26)34-27(36)17-8-9-20(30)24(25(17)31)23-18(28)5-3-6-19(23)29;;/h3,5-6,8-9,11,14-15H,2,4,7,10,12-13,32H2,1H3,(H,34,36);2*1H/t14-,15+;;/m1../s1. The van der Waals surface area contributed by atoms with Gasteiger partial charge in [-0.25, -0.2) is 17.6 Å². The fourth-order valence-electron chi connectivity index (χ4n) is 5.41. The van der Waals surface area contributed by atoms with E-state index >= 15 is 4.39 Å². The topological polar surface area (TPSA) is 71.2 Å². The zero-order valence-electron chi connectivity index (χ0n) is 20.6. The molecule has 1 aromatic heterocycles. The summed E-state index contributed by atoms with van der Waals surface area (Å²) in [6, 6.07) is 4.65. The van der Waals surface area contributed by atoms with Crippen molar-refractivity contribution < 1.29 is 22.4 Å². The maximum atomic E-state index is 15.4. The van der Waals surface area contributed by atoms with Gasteiger partial charge in [0.25, 0.3) is 5.91 Å². The third-order valence-electron chi connectivity index (χ3n) is 6.88. The van der Waals surface area contributed by atoms with Gasteiger partial charge in [-0.2, -0.15) is 0 Å². The number of aromatic nitrogens is 1. The summed E-state index contributed by atoms with van der Waals surface area (Å²) in [4.78, 5) is 19.9. The molecule has 11 heteroatoms. The molecule has 0 radical (unpaired) electrons. The largest absolute Gasteiger partial charge is 0.368 e. The van der Waals surface area contributed by atoms with E-state index < -0.39 is 45.9 Å². The summed E-state index contributed by atoms with van der Waals surface area (Å²) in [6.07, 6.45) is 4.99. The summed E-state index contributed by atoms with van der Waals surface area (Å²) in [5.74, 6) is -5.32. The van der Waals surface area contributed by atoms with Gasteiger partial charge in [0.15, 0.2) is 0 Å². The number of hydrogen-bond donors (Lipinski definition) is 2. The average molecular weight is 571 g/mol. The molecule has 0 saturated carbocycles. The minimum absolute atomic E-state index is 0. The van der Waals surface area contributed by atoms with Gasteiger partial charge in [0, 0.05) is 24.8 Å². The predicted molar refractivity (Wildman–Crippen MR) is 144 cm³/mol. The molecule has 0 bridgehead atoms. The average Bonchev–Trinajstić information content (AvgIpc) is 3.29. The molecule has 5 rings (SSSR count). The van der Waals surface area contributed by atoms with Crippen LogP contribution in [-0.4, -0.2) is 30.0 Å². The number of piperidine rings is 1. The van der Waals surface area contributed by atoms with Crippen LogP contribution in [0.1, 0.15) is 41.4 Å². The number of carbonyl (C=O) groups is 1. The molecule has 2 aromatic carbocycles. The Morgan fingerprint density at radius 3 is 2.37 bits per heavy atom. The SMILES string of the molecule is C[C@@H]1C[C@H](N)CN(c2c(NC(=O)c3ccc(F)c(-c4c(F)cccc4F)c3F)cnc3c2CCC3)C1.Cl.Cl. The second-order valence-electron chi connectivity index (χ2n) is 9.64. The lowest BCUT2D eigenvalue weighted by Crippen LogP contribution is -2.47. The number of amides is 1. The number of carbonyl (C=O) groups excluding carboxylic acids is 1. The van der Waals surface area contributed by atoms with Crippen molar-refractivity contribution in [1.82, 2.24) is 4.98 Å². The van der Waals surface area contributed by atoms with Gasteiger partial charge in [0.05, 0.1) is 34.3 Å². The molecule has 3 aromatic rings. The van der Waals surface area contributed by atoms with E-state index in [0.717, 1.165) is 79.5 Å². The van der Waals surface area contributed by atoms with Gasteiger partial charge in [0.2, 0.25) is 0 Å². The van der Waals surface area contributed by atoms with E-state index in [1.807, 2.05) is 0 Å². The molecule has 2 atom stereocenters. The number of hydrogen-bond acceptors (Lipinski definition) is 4. The Morgan fingerprint density at radius 2 is 1.68 bits per heavy atom. The van der Waals surface area contributed by atoms with Crippen molar-refractivity contribution in [1.29, 1.82) is 0 Å². The highest BCUT2D eigenvalue weighted by Gasteiger charge is 2.30. The highest BCUT2D eigenvalue weighted by Crippen LogP contribution is 2.39. The van der Waals surface area contributed by atoms with Gasteiger partial charge in [-0.1, -0.05) is 13.0 Å². The maximum absolute atomic E-state index is 15.4. The summed E-state index contributed by atoms with van der Waals surface area (Å²) >= 11 is 0. The summed E-state index contributed by atoms with van der Waals surface area (Å²) in [6.45, 7) is 3.46. The molecule has 1 amide bonds. The number of anilines is 2. The quantitative estimate of drug-likeness (QED) is 0.374. The molecule has 1 aliphatic heterocycles. The van der Waals surface area contributed by atoms with Gasteiger partial charge < -0.3 is 16.0 Å². The zero-order chi connectivity index (χ0) is 25.6. The predicted octanol–water partition coefficient (Wildman–Crippen LogP) is 6.06. The van der Waals surface area contributed by atoms with Gasteiger partial charge >= 0.3 is 0 Å². The third-order valence-corrected chi connectivity index (χ3v) is 6.88. The Kier molecular flexibility index (Phi) is 9.28. The summed E-state index contributed by atoms with van der Waals surface area (Å²) in [7, 11) is 0. The summed E-state index contributed by atoms with van der Waals surface area (Å²) in [5, 5.41) is 2.72. The number of halogens is 6. The molecule has 5 nitrogen and oxygen atoms in total. The van der Waals surface area contributed by atoms with Gasteiger partial charge in [0.1, 0.15) is 23.3 Å². The first-order valence-electron chi connectivity index (χ1n) is 12.0. The lowest BCUT2D eigenvalue weighted by molar-refractivity contribution is 0.102. The molecule has 38 heavy (non-hydrogen) atoms. The van der Waals surface area contributed by atoms with Crippen molar-refractivity contribution in [2.24, 2.45) is 11.7 Å².